The predicted octanol–water partition coefficient (Wildman–Crippen LogP) is 2.77. The quantitative estimate of drug-likeness (QED) is 0.646. The van der Waals surface area contributed by atoms with E-state index in [1.165, 1.54) is 4.90 Å². The summed E-state index contributed by atoms with van der Waals surface area (Å²) in [6.45, 7) is 10.4. The van der Waals surface area contributed by atoms with E-state index in [9.17, 15) is 14.7 Å². The van der Waals surface area contributed by atoms with Crippen molar-refractivity contribution in [3.8, 4) is 0 Å². The van der Waals surface area contributed by atoms with E-state index in [0.717, 1.165) is 6.42 Å². The van der Waals surface area contributed by atoms with Crippen molar-refractivity contribution in [3.05, 3.63) is 0 Å². The zero-order chi connectivity index (χ0) is 14.3. The van der Waals surface area contributed by atoms with Crippen LogP contribution in [0.15, 0.2) is 0 Å². The molecule has 0 aliphatic rings. The van der Waals surface area contributed by atoms with Gasteiger partial charge in [-0.2, -0.15) is 0 Å². The molecule has 0 aliphatic heterocycles. The summed E-state index contributed by atoms with van der Waals surface area (Å²) in [5, 5.41) is 9.65. The molecule has 0 unspecified atom stereocenters. The fraction of sp³-hybridized carbons (Fsp3) is 0.857. The van der Waals surface area contributed by atoms with Gasteiger partial charge in [-0.05, 0) is 31.1 Å². The molecule has 0 bridgehead atoms. The lowest BCUT2D eigenvalue weighted by Gasteiger charge is -2.40. The number of rotatable bonds is 9. The van der Waals surface area contributed by atoms with Gasteiger partial charge in [0.2, 0.25) is 6.41 Å². The van der Waals surface area contributed by atoms with Gasteiger partial charge in [0, 0.05) is 6.54 Å². The molecular formula is C14H27NO3. The second-order valence-corrected chi connectivity index (χ2v) is 5.83. The Bertz CT molecular complexity index is 264. The maximum Gasteiger partial charge on any atom is 0.329 e. The molecule has 0 fully saturated rings. The summed E-state index contributed by atoms with van der Waals surface area (Å²) in [7, 11) is 0. The number of hydrogen-bond donors (Lipinski definition) is 1. The second kappa shape index (κ2) is 7.39. The number of aliphatic carboxylic acids is 1. The Labute approximate surface area is 110 Å². The molecule has 0 aromatic heterocycles. The minimum atomic E-state index is -1.06. The van der Waals surface area contributed by atoms with Crippen molar-refractivity contribution in [2.75, 3.05) is 6.54 Å². The van der Waals surface area contributed by atoms with E-state index in [-0.39, 0.29) is 11.8 Å². The van der Waals surface area contributed by atoms with Crippen LogP contribution in [0.1, 0.15) is 53.9 Å². The Kier molecular flexibility index (Phi) is 6.96. The molecule has 0 saturated carbocycles. The van der Waals surface area contributed by atoms with Crippen LogP contribution in [0.4, 0.5) is 0 Å². The molecular weight excluding hydrogens is 230 g/mol. The number of carbonyl (C=O) groups excluding carboxylic acids is 1. The van der Waals surface area contributed by atoms with Crippen LogP contribution >= 0.6 is 0 Å². The van der Waals surface area contributed by atoms with Gasteiger partial charge in [-0.25, -0.2) is 4.79 Å². The van der Waals surface area contributed by atoms with E-state index in [1.54, 1.807) is 0 Å². The molecule has 0 radical (unpaired) electrons. The van der Waals surface area contributed by atoms with Gasteiger partial charge in [-0.15, -0.1) is 0 Å². The monoisotopic (exact) mass is 257 g/mol. The van der Waals surface area contributed by atoms with Crippen molar-refractivity contribution < 1.29 is 14.7 Å². The van der Waals surface area contributed by atoms with Crippen molar-refractivity contribution in [2.24, 2.45) is 11.8 Å². The normalized spacial score (nSPS) is 11.9. The van der Waals surface area contributed by atoms with Gasteiger partial charge in [0.15, 0.2) is 0 Å². The number of carboxylic acid groups (broad SMARTS) is 1. The van der Waals surface area contributed by atoms with Crippen LogP contribution in [-0.2, 0) is 9.59 Å². The third kappa shape index (κ3) is 4.31. The summed E-state index contributed by atoms with van der Waals surface area (Å²) >= 11 is 0. The van der Waals surface area contributed by atoms with Crippen molar-refractivity contribution in [1.29, 1.82) is 0 Å². The highest BCUT2D eigenvalue weighted by Gasteiger charge is 2.44. The molecule has 4 nitrogen and oxygen atoms in total. The maximum absolute atomic E-state index is 11.8. The average Bonchev–Trinajstić information content (AvgIpc) is 2.23. The number of hydrogen-bond acceptors (Lipinski definition) is 2. The average molecular weight is 257 g/mol. The van der Waals surface area contributed by atoms with Crippen LogP contribution in [0.3, 0.4) is 0 Å². The van der Waals surface area contributed by atoms with E-state index in [2.05, 4.69) is 0 Å². The van der Waals surface area contributed by atoms with E-state index < -0.39 is 11.5 Å². The number of carbonyl (C=O) groups is 2. The standard InChI is InChI=1S/C14H27NO3/c1-6-7-15(10-16)14(13(17)18,8-11(2)3)9-12(4)5/h10-12H,6-9H2,1-5H3,(H,17,18). The fourth-order valence-corrected chi connectivity index (χ4v) is 2.57. The summed E-state index contributed by atoms with van der Waals surface area (Å²) in [5.41, 5.74) is -1.06. The third-order valence-corrected chi connectivity index (χ3v) is 3.03. The first-order valence-corrected chi connectivity index (χ1v) is 6.75. The maximum atomic E-state index is 11.8. The number of carboxylic acids is 1. The summed E-state index contributed by atoms with van der Waals surface area (Å²) in [4.78, 5) is 24.5. The molecule has 0 atom stereocenters. The van der Waals surface area contributed by atoms with E-state index >= 15 is 0 Å². The van der Waals surface area contributed by atoms with Crippen LogP contribution in [-0.4, -0.2) is 34.5 Å². The van der Waals surface area contributed by atoms with E-state index in [1.807, 2.05) is 34.6 Å². The molecule has 1 N–H and O–H groups in total. The first kappa shape index (κ1) is 16.9. The van der Waals surface area contributed by atoms with Crippen molar-refractivity contribution in [2.45, 2.75) is 59.4 Å². The highest BCUT2D eigenvalue weighted by atomic mass is 16.4. The smallest absolute Gasteiger partial charge is 0.329 e. The summed E-state index contributed by atoms with van der Waals surface area (Å²) < 4.78 is 0. The van der Waals surface area contributed by atoms with Crippen LogP contribution in [0, 0.1) is 11.8 Å². The molecule has 0 spiro atoms. The van der Waals surface area contributed by atoms with Gasteiger partial charge in [-0.1, -0.05) is 34.6 Å². The van der Waals surface area contributed by atoms with Crippen molar-refractivity contribution in [3.63, 3.8) is 0 Å². The molecule has 0 rings (SSSR count). The van der Waals surface area contributed by atoms with Gasteiger partial charge < -0.3 is 10.0 Å². The Morgan fingerprint density at radius 1 is 1.22 bits per heavy atom. The molecule has 0 heterocycles. The summed E-state index contributed by atoms with van der Waals surface area (Å²) in [6, 6.07) is 0. The molecule has 4 heteroatoms. The molecule has 18 heavy (non-hydrogen) atoms. The fourth-order valence-electron chi connectivity index (χ4n) is 2.57. The first-order chi connectivity index (χ1) is 8.30. The lowest BCUT2D eigenvalue weighted by atomic mass is 9.80. The summed E-state index contributed by atoms with van der Waals surface area (Å²) in [6.07, 6.45) is 2.46. The molecule has 0 aromatic rings. The minimum absolute atomic E-state index is 0.235. The van der Waals surface area contributed by atoms with Crippen LogP contribution in [0.5, 0.6) is 0 Å². The minimum Gasteiger partial charge on any atom is -0.479 e. The van der Waals surface area contributed by atoms with Crippen molar-refractivity contribution in [1.82, 2.24) is 4.90 Å². The topological polar surface area (TPSA) is 57.6 Å². The Morgan fingerprint density at radius 3 is 1.89 bits per heavy atom. The molecule has 106 valence electrons. The third-order valence-electron chi connectivity index (χ3n) is 3.03. The molecule has 1 amide bonds. The zero-order valence-corrected chi connectivity index (χ0v) is 12.3. The molecule has 0 saturated heterocycles. The second-order valence-electron chi connectivity index (χ2n) is 5.83. The van der Waals surface area contributed by atoms with Crippen LogP contribution in [0.2, 0.25) is 0 Å². The van der Waals surface area contributed by atoms with Crippen molar-refractivity contribution >= 4 is 12.4 Å². The van der Waals surface area contributed by atoms with Gasteiger partial charge in [0.05, 0.1) is 0 Å². The SMILES string of the molecule is CCCN(C=O)C(CC(C)C)(CC(C)C)C(=O)O. The predicted molar refractivity (Wildman–Crippen MR) is 72.3 cm³/mol. The lowest BCUT2D eigenvalue weighted by molar-refractivity contribution is -0.158. The Morgan fingerprint density at radius 2 is 1.67 bits per heavy atom. The highest BCUT2D eigenvalue weighted by Crippen LogP contribution is 2.31. The first-order valence-electron chi connectivity index (χ1n) is 6.75. The molecule has 0 aliphatic carbocycles. The van der Waals surface area contributed by atoms with Gasteiger partial charge in [0.1, 0.15) is 5.54 Å². The largest absolute Gasteiger partial charge is 0.479 e. The van der Waals surface area contributed by atoms with Crippen LogP contribution < -0.4 is 0 Å². The molecule has 0 aromatic carbocycles. The lowest BCUT2D eigenvalue weighted by Crippen LogP contribution is -2.56. The van der Waals surface area contributed by atoms with Gasteiger partial charge in [0.25, 0.3) is 0 Å². The van der Waals surface area contributed by atoms with E-state index in [4.69, 9.17) is 0 Å². The number of nitrogens with zero attached hydrogens (tertiary/aromatic N) is 1. The van der Waals surface area contributed by atoms with E-state index in [0.29, 0.717) is 25.8 Å². The highest BCUT2D eigenvalue weighted by molar-refractivity contribution is 5.81. The van der Waals surface area contributed by atoms with Gasteiger partial charge >= 0.3 is 5.97 Å². The summed E-state index contributed by atoms with van der Waals surface area (Å²) in [5.74, 6) is -0.413. The Balaban J connectivity index is 5.40. The van der Waals surface area contributed by atoms with Gasteiger partial charge in [-0.3, -0.25) is 4.79 Å². The number of amides is 1. The Hall–Kier alpha value is -1.06. The van der Waals surface area contributed by atoms with Crippen LogP contribution in [0.25, 0.3) is 0 Å². The zero-order valence-electron chi connectivity index (χ0n) is 12.3.